The second-order valence-electron chi connectivity index (χ2n) is 4.12. The van der Waals surface area contributed by atoms with Crippen LogP contribution in [0.5, 0.6) is 0 Å². The smallest absolute Gasteiger partial charge is 0.325 e. The number of rotatable bonds is 4. The zero-order valence-electron chi connectivity index (χ0n) is 10.7. The lowest BCUT2D eigenvalue weighted by atomic mass is 10.2. The first-order valence-corrected chi connectivity index (χ1v) is 7.01. The van der Waals surface area contributed by atoms with Crippen LogP contribution in [0.15, 0.2) is 47.4 Å². The molecule has 4 nitrogen and oxygen atoms in total. The van der Waals surface area contributed by atoms with Crippen LogP contribution in [-0.2, 0) is 6.18 Å². The number of hydrogen-bond donors (Lipinski definition) is 1. The van der Waals surface area contributed by atoms with Gasteiger partial charge in [-0.3, -0.25) is 10.1 Å². The molecule has 9 heteroatoms. The van der Waals surface area contributed by atoms with Crippen molar-refractivity contribution in [2.75, 3.05) is 4.72 Å². The Morgan fingerprint density at radius 3 is 2.50 bits per heavy atom. The van der Waals surface area contributed by atoms with Crippen molar-refractivity contribution >= 4 is 34.9 Å². The fourth-order valence-corrected chi connectivity index (χ4v) is 2.61. The van der Waals surface area contributed by atoms with Crippen LogP contribution < -0.4 is 4.72 Å². The second kappa shape index (κ2) is 6.45. The molecule has 0 saturated carbocycles. The van der Waals surface area contributed by atoms with Gasteiger partial charge in [0.2, 0.25) is 0 Å². The van der Waals surface area contributed by atoms with Crippen LogP contribution in [0.1, 0.15) is 5.56 Å². The standard InChI is InChI=1S/C13H8ClF3N2O2S/c14-8-5-6-10(9(7-8)13(15,16)17)18-22-12-4-2-1-3-11(12)19(20)21/h1-7,18H. The number of nitrogens with one attached hydrogen (secondary N) is 1. The molecular formula is C13H8ClF3N2O2S. The van der Waals surface area contributed by atoms with Gasteiger partial charge in [0.05, 0.1) is 16.2 Å². The van der Waals surface area contributed by atoms with Crippen molar-refractivity contribution in [1.29, 1.82) is 0 Å². The maximum atomic E-state index is 12.9. The van der Waals surface area contributed by atoms with Crippen molar-refractivity contribution < 1.29 is 18.1 Å². The molecule has 1 N–H and O–H groups in total. The quantitative estimate of drug-likeness (QED) is 0.457. The van der Waals surface area contributed by atoms with Crippen LogP contribution in [0.4, 0.5) is 24.5 Å². The minimum atomic E-state index is -4.59. The molecule has 0 amide bonds. The van der Waals surface area contributed by atoms with Gasteiger partial charge in [-0.15, -0.1) is 0 Å². The Labute approximate surface area is 132 Å². The van der Waals surface area contributed by atoms with Crippen molar-refractivity contribution in [3.8, 4) is 0 Å². The van der Waals surface area contributed by atoms with Crippen molar-refractivity contribution in [2.24, 2.45) is 0 Å². The number of nitro groups is 1. The first-order chi connectivity index (χ1) is 10.3. The Morgan fingerprint density at radius 1 is 1.18 bits per heavy atom. The molecule has 0 radical (unpaired) electrons. The first kappa shape index (κ1) is 16.4. The minimum absolute atomic E-state index is 0.0476. The summed E-state index contributed by atoms with van der Waals surface area (Å²) >= 11 is 6.31. The van der Waals surface area contributed by atoms with Gasteiger partial charge >= 0.3 is 6.18 Å². The maximum Gasteiger partial charge on any atom is 0.418 e. The van der Waals surface area contributed by atoms with Gasteiger partial charge in [-0.1, -0.05) is 23.7 Å². The van der Waals surface area contributed by atoms with Crippen LogP contribution >= 0.6 is 23.5 Å². The largest absolute Gasteiger partial charge is 0.418 e. The number of para-hydroxylation sites is 1. The average molecular weight is 349 g/mol. The number of halogens is 4. The van der Waals surface area contributed by atoms with E-state index in [-0.39, 0.29) is 21.3 Å². The topological polar surface area (TPSA) is 55.2 Å². The third-order valence-electron chi connectivity index (χ3n) is 2.62. The molecule has 22 heavy (non-hydrogen) atoms. The first-order valence-electron chi connectivity index (χ1n) is 5.82. The summed E-state index contributed by atoms with van der Waals surface area (Å²) < 4.78 is 41.3. The summed E-state index contributed by atoms with van der Waals surface area (Å²) in [6.45, 7) is 0. The average Bonchev–Trinajstić information content (AvgIpc) is 2.45. The Morgan fingerprint density at radius 2 is 1.86 bits per heavy atom. The highest BCUT2D eigenvalue weighted by atomic mass is 35.5. The van der Waals surface area contributed by atoms with Crippen LogP contribution in [0, 0.1) is 10.1 Å². The van der Waals surface area contributed by atoms with E-state index in [1.807, 2.05) is 0 Å². The third-order valence-corrected chi connectivity index (χ3v) is 3.74. The molecule has 0 aliphatic carbocycles. The number of hydrogen-bond acceptors (Lipinski definition) is 4. The van der Waals surface area contributed by atoms with Gasteiger partial charge in [0, 0.05) is 11.1 Å². The highest BCUT2D eigenvalue weighted by Gasteiger charge is 2.34. The highest BCUT2D eigenvalue weighted by molar-refractivity contribution is 8.00. The second-order valence-corrected chi connectivity index (χ2v) is 5.40. The van der Waals surface area contributed by atoms with E-state index in [1.165, 1.54) is 30.3 Å². The Balaban J connectivity index is 2.28. The molecule has 2 aromatic carbocycles. The zero-order chi connectivity index (χ0) is 16.3. The van der Waals surface area contributed by atoms with Gasteiger partial charge in [0.25, 0.3) is 5.69 Å². The van der Waals surface area contributed by atoms with E-state index in [9.17, 15) is 23.3 Å². The maximum absolute atomic E-state index is 12.9. The van der Waals surface area contributed by atoms with Gasteiger partial charge < -0.3 is 4.72 Å². The summed E-state index contributed by atoms with van der Waals surface area (Å²) in [5.41, 5.74) is -1.35. The van der Waals surface area contributed by atoms with Gasteiger partial charge in [0.1, 0.15) is 4.90 Å². The molecule has 0 heterocycles. The molecule has 0 aromatic heterocycles. The summed E-state index contributed by atoms with van der Waals surface area (Å²) in [5.74, 6) is 0. The highest BCUT2D eigenvalue weighted by Crippen LogP contribution is 2.39. The molecule has 0 bridgehead atoms. The summed E-state index contributed by atoms with van der Waals surface area (Å²) in [6.07, 6.45) is -4.59. The summed E-state index contributed by atoms with van der Waals surface area (Å²) in [5, 5.41) is 10.8. The molecule has 0 aliphatic rings. The molecule has 0 unspecified atom stereocenters. The Bertz CT molecular complexity index is 710. The molecule has 0 spiro atoms. The number of nitro benzene ring substituents is 1. The molecule has 2 aromatic rings. The fraction of sp³-hybridized carbons (Fsp3) is 0.0769. The van der Waals surface area contributed by atoms with E-state index in [4.69, 9.17) is 11.6 Å². The van der Waals surface area contributed by atoms with E-state index in [2.05, 4.69) is 4.72 Å². The van der Waals surface area contributed by atoms with Crippen molar-refractivity contribution in [3.63, 3.8) is 0 Å². The number of anilines is 1. The predicted molar refractivity (Wildman–Crippen MR) is 79.0 cm³/mol. The summed E-state index contributed by atoms with van der Waals surface area (Å²) in [6, 6.07) is 9.03. The van der Waals surface area contributed by atoms with Crippen molar-refractivity contribution in [1.82, 2.24) is 0 Å². The third kappa shape index (κ3) is 3.83. The lowest BCUT2D eigenvalue weighted by Gasteiger charge is -2.14. The predicted octanol–water partition coefficient (Wildman–Crippen LogP) is 5.39. The molecule has 0 atom stereocenters. The Kier molecular flexibility index (Phi) is 4.82. The van der Waals surface area contributed by atoms with Crippen LogP contribution in [0.2, 0.25) is 5.02 Å². The SMILES string of the molecule is O=[N+]([O-])c1ccccc1SNc1ccc(Cl)cc1C(F)(F)F. The lowest BCUT2D eigenvalue weighted by Crippen LogP contribution is -2.08. The van der Waals surface area contributed by atoms with Crippen molar-refractivity contribution in [3.05, 3.63) is 63.2 Å². The van der Waals surface area contributed by atoms with Gasteiger partial charge in [-0.25, -0.2) is 0 Å². The summed E-state index contributed by atoms with van der Waals surface area (Å²) in [7, 11) is 0. The number of benzene rings is 2. The monoisotopic (exact) mass is 348 g/mol. The van der Waals surface area contributed by atoms with Crippen LogP contribution in [0.3, 0.4) is 0 Å². The van der Waals surface area contributed by atoms with Crippen molar-refractivity contribution in [2.45, 2.75) is 11.1 Å². The molecule has 116 valence electrons. The van der Waals surface area contributed by atoms with Crippen LogP contribution in [0.25, 0.3) is 0 Å². The lowest BCUT2D eigenvalue weighted by molar-refractivity contribution is -0.387. The molecule has 2 rings (SSSR count). The fourth-order valence-electron chi connectivity index (χ4n) is 1.64. The van der Waals surface area contributed by atoms with Crippen LogP contribution in [-0.4, -0.2) is 4.92 Å². The molecule has 0 saturated heterocycles. The van der Waals surface area contributed by atoms with E-state index < -0.39 is 16.7 Å². The van der Waals surface area contributed by atoms with Gasteiger partial charge in [-0.05, 0) is 36.2 Å². The molecular weight excluding hydrogens is 341 g/mol. The minimum Gasteiger partial charge on any atom is -0.325 e. The van der Waals surface area contributed by atoms with E-state index >= 15 is 0 Å². The van der Waals surface area contributed by atoms with Gasteiger partial charge in [-0.2, -0.15) is 13.2 Å². The molecule has 0 aliphatic heterocycles. The van der Waals surface area contributed by atoms with E-state index in [1.54, 1.807) is 6.07 Å². The van der Waals surface area contributed by atoms with Gasteiger partial charge in [0.15, 0.2) is 0 Å². The van der Waals surface area contributed by atoms with E-state index in [0.29, 0.717) is 0 Å². The zero-order valence-corrected chi connectivity index (χ0v) is 12.3. The number of alkyl halides is 3. The number of nitrogens with zero attached hydrogens (tertiary/aromatic N) is 1. The molecule has 0 fully saturated rings. The van der Waals surface area contributed by atoms with E-state index in [0.717, 1.165) is 18.0 Å². The normalized spacial score (nSPS) is 11.3. The summed E-state index contributed by atoms with van der Waals surface area (Å²) in [4.78, 5) is 10.5. The Hall–Kier alpha value is -1.93.